The number of thioether (sulfide) groups is 1. The molecule has 1 nitrogen and oxygen atoms in total. The molecule has 0 saturated carbocycles. The van der Waals surface area contributed by atoms with E-state index in [0.29, 0.717) is 6.04 Å². The van der Waals surface area contributed by atoms with E-state index in [-0.39, 0.29) is 0 Å². The monoisotopic (exact) mass is 261 g/mol. The Morgan fingerprint density at radius 3 is 3.00 bits per heavy atom. The quantitative estimate of drug-likeness (QED) is 0.901. The second kappa shape index (κ2) is 5.25. The number of thiophene rings is 1. The van der Waals surface area contributed by atoms with Crippen molar-refractivity contribution in [3.8, 4) is 0 Å². The molecule has 1 aliphatic heterocycles. The molecule has 1 atom stereocenters. The maximum absolute atomic E-state index is 3.67. The molecule has 0 saturated heterocycles. The summed E-state index contributed by atoms with van der Waals surface area (Å²) >= 11 is 3.85. The molecule has 1 N–H and O–H groups in total. The lowest BCUT2D eigenvalue weighted by molar-refractivity contribution is 0.579. The summed E-state index contributed by atoms with van der Waals surface area (Å²) in [5.41, 5.74) is 2.98. The van der Waals surface area contributed by atoms with E-state index in [9.17, 15) is 0 Å². The van der Waals surface area contributed by atoms with Crippen LogP contribution in [0.25, 0.3) is 0 Å². The van der Waals surface area contributed by atoms with Crippen LogP contribution < -0.4 is 5.32 Å². The molecule has 0 amide bonds. The van der Waals surface area contributed by atoms with Gasteiger partial charge in [0.1, 0.15) is 0 Å². The van der Waals surface area contributed by atoms with Crippen molar-refractivity contribution in [1.82, 2.24) is 5.32 Å². The van der Waals surface area contributed by atoms with Crippen LogP contribution in [-0.4, -0.2) is 5.75 Å². The van der Waals surface area contributed by atoms with E-state index in [4.69, 9.17) is 0 Å². The molecule has 3 heteroatoms. The molecule has 0 bridgehead atoms. The highest BCUT2D eigenvalue weighted by atomic mass is 32.2. The van der Waals surface area contributed by atoms with Gasteiger partial charge in [-0.2, -0.15) is 11.8 Å². The van der Waals surface area contributed by atoms with Crippen LogP contribution in [-0.2, 0) is 12.3 Å². The summed E-state index contributed by atoms with van der Waals surface area (Å²) in [5, 5.41) is 5.81. The van der Waals surface area contributed by atoms with Gasteiger partial charge in [0.05, 0.1) is 0 Å². The first-order chi connectivity index (χ1) is 8.43. The average Bonchev–Trinajstić information content (AvgIpc) is 2.89. The predicted octanol–water partition coefficient (Wildman–Crippen LogP) is 3.83. The van der Waals surface area contributed by atoms with Gasteiger partial charge in [-0.1, -0.05) is 30.3 Å². The molecule has 0 fully saturated rings. The van der Waals surface area contributed by atoms with Gasteiger partial charge in [-0.15, -0.1) is 11.3 Å². The van der Waals surface area contributed by atoms with Crippen LogP contribution in [0.15, 0.2) is 41.8 Å². The lowest BCUT2D eigenvalue weighted by Gasteiger charge is -2.25. The third kappa shape index (κ3) is 2.57. The Morgan fingerprint density at radius 2 is 2.12 bits per heavy atom. The van der Waals surface area contributed by atoms with Gasteiger partial charge in [-0.05, 0) is 22.6 Å². The molecule has 3 rings (SSSR count). The fourth-order valence-electron chi connectivity index (χ4n) is 2.19. The maximum atomic E-state index is 3.67. The minimum absolute atomic E-state index is 0.507. The highest BCUT2D eigenvalue weighted by Gasteiger charge is 2.19. The van der Waals surface area contributed by atoms with Gasteiger partial charge in [-0.25, -0.2) is 0 Å². The number of rotatable bonds is 3. The van der Waals surface area contributed by atoms with Gasteiger partial charge < -0.3 is 5.32 Å². The molecule has 1 aliphatic rings. The fraction of sp³-hybridized carbons (Fsp3) is 0.286. The Morgan fingerprint density at radius 1 is 1.18 bits per heavy atom. The lowest BCUT2D eigenvalue weighted by Crippen LogP contribution is -2.25. The maximum Gasteiger partial charge on any atom is 0.0417 e. The zero-order valence-electron chi connectivity index (χ0n) is 9.56. The summed E-state index contributed by atoms with van der Waals surface area (Å²) in [6.45, 7) is 0.983. The SMILES string of the molecule is c1csc(CNC2CSCc3ccccc32)c1. The summed E-state index contributed by atoms with van der Waals surface area (Å²) in [6, 6.07) is 13.6. The van der Waals surface area contributed by atoms with Crippen LogP contribution in [0.2, 0.25) is 0 Å². The summed E-state index contributed by atoms with van der Waals surface area (Å²) < 4.78 is 0. The highest BCUT2D eigenvalue weighted by Crippen LogP contribution is 2.31. The number of nitrogens with one attached hydrogen (secondary N) is 1. The summed E-state index contributed by atoms with van der Waals surface area (Å²) in [6.07, 6.45) is 0. The Hall–Kier alpha value is -0.770. The molecule has 88 valence electrons. The van der Waals surface area contributed by atoms with E-state index in [2.05, 4.69) is 47.1 Å². The van der Waals surface area contributed by atoms with Gasteiger partial charge in [0.15, 0.2) is 0 Å². The number of hydrogen-bond donors (Lipinski definition) is 1. The Kier molecular flexibility index (Phi) is 3.50. The molecular weight excluding hydrogens is 246 g/mol. The molecule has 2 heterocycles. The zero-order chi connectivity index (χ0) is 11.5. The molecule has 0 spiro atoms. The number of benzene rings is 1. The Labute approximate surface area is 110 Å². The molecule has 17 heavy (non-hydrogen) atoms. The fourth-order valence-corrected chi connectivity index (χ4v) is 3.98. The summed E-state index contributed by atoms with van der Waals surface area (Å²) in [5.74, 6) is 2.34. The second-order valence-corrected chi connectivity index (χ2v) is 6.29. The van der Waals surface area contributed by atoms with E-state index in [1.165, 1.54) is 21.8 Å². The largest absolute Gasteiger partial charge is 0.304 e. The lowest BCUT2D eigenvalue weighted by atomic mass is 10.0. The standard InChI is InChI=1S/C14H15NS2/c1-2-6-13-11(4-1)9-16-10-14(13)15-8-12-5-3-7-17-12/h1-7,14-15H,8-10H2. The van der Waals surface area contributed by atoms with Crippen molar-refractivity contribution < 1.29 is 0 Å². The molecular formula is C14H15NS2. The third-order valence-electron chi connectivity index (χ3n) is 3.08. The summed E-state index contributed by atoms with van der Waals surface area (Å²) in [7, 11) is 0. The van der Waals surface area contributed by atoms with E-state index < -0.39 is 0 Å². The molecule has 2 aromatic rings. The Balaban J connectivity index is 1.72. The smallest absolute Gasteiger partial charge is 0.0417 e. The van der Waals surface area contributed by atoms with Crippen LogP contribution in [0.5, 0.6) is 0 Å². The van der Waals surface area contributed by atoms with Crippen molar-refractivity contribution >= 4 is 23.1 Å². The van der Waals surface area contributed by atoms with Gasteiger partial charge in [0, 0.05) is 29.0 Å². The van der Waals surface area contributed by atoms with Crippen molar-refractivity contribution in [2.75, 3.05) is 5.75 Å². The van der Waals surface area contributed by atoms with Gasteiger partial charge in [0.25, 0.3) is 0 Å². The first-order valence-corrected chi connectivity index (χ1v) is 7.88. The van der Waals surface area contributed by atoms with E-state index in [0.717, 1.165) is 12.3 Å². The minimum Gasteiger partial charge on any atom is -0.304 e. The van der Waals surface area contributed by atoms with Crippen LogP contribution >= 0.6 is 23.1 Å². The van der Waals surface area contributed by atoms with Crippen LogP contribution in [0, 0.1) is 0 Å². The Bertz CT molecular complexity index is 479. The minimum atomic E-state index is 0.507. The first kappa shape index (κ1) is 11.3. The highest BCUT2D eigenvalue weighted by molar-refractivity contribution is 7.98. The van der Waals surface area contributed by atoms with Crippen molar-refractivity contribution in [2.45, 2.75) is 18.3 Å². The number of fused-ring (bicyclic) bond motifs is 1. The topological polar surface area (TPSA) is 12.0 Å². The summed E-state index contributed by atoms with van der Waals surface area (Å²) in [4.78, 5) is 1.41. The third-order valence-corrected chi connectivity index (χ3v) is 5.04. The molecule has 0 radical (unpaired) electrons. The van der Waals surface area contributed by atoms with Crippen molar-refractivity contribution in [3.63, 3.8) is 0 Å². The first-order valence-electron chi connectivity index (χ1n) is 5.85. The zero-order valence-corrected chi connectivity index (χ0v) is 11.2. The molecule has 1 unspecified atom stereocenters. The normalized spacial score (nSPS) is 18.9. The predicted molar refractivity (Wildman–Crippen MR) is 76.5 cm³/mol. The van der Waals surface area contributed by atoms with E-state index in [1.54, 1.807) is 0 Å². The van der Waals surface area contributed by atoms with Crippen molar-refractivity contribution in [2.24, 2.45) is 0 Å². The van der Waals surface area contributed by atoms with Crippen LogP contribution in [0.4, 0.5) is 0 Å². The van der Waals surface area contributed by atoms with Crippen molar-refractivity contribution in [3.05, 3.63) is 57.8 Å². The van der Waals surface area contributed by atoms with E-state index in [1.807, 2.05) is 23.1 Å². The number of hydrogen-bond acceptors (Lipinski definition) is 3. The molecule has 0 aliphatic carbocycles. The van der Waals surface area contributed by atoms with E-state index >= 15 is 0 Å². The van der Waals surface area contributed by atoms with Gasteiger partial charge in [-0.3, -0.25) is 0 Å². The molecule has 1 aromatic carbocycles. The van der Waals surface area contributed by atoms with Crippen LogP contribution in [0.3, 0.4) is 0 Å². The van der Waals surface area contributed by atoms with Crippen molar-refractivity contribution in [1.29, 1.82) is 0 Å². The average molecular weight is 261 g/mol. The second-order valence-electron chi connectivity index (χ2n) is 4.23. The van der Waals surface area contributed by atoms with Gasteiger partial charge >= 0.3 is 0 Å². The van der Waals surface area contributed by atoms with Crippen LogP contribution in [0.1, 0.15) is 22.0 Å². The van der Waals surface area contributed by atoms with Gasteiger partial charge in [0.2, 0.25) is 0 Å². The molecule has 1 aromatic heterocycles.